The van der Waals surface area contributed by atoms with Gasteiger partial charge in [-0.25, -0.2) is 0 Å². The van der Waals surface area contributed by atoms with Crippen molar-refractivity contribution in [3.63, 3.8) is 0 Å². The summed E-state index contributed by atoms with van der Waals surface area (Å²) in [5, 5.41) is 10.5. The molecule has 2 unspecified atom stereocenters. The molecule has 1 saturated heterocycles. The molecular formula is C11H18O3. The molecule has 2 atom stereocenters. The van der Waals surface area contributed by atoms with Crippen LogP contribution in [-0.4, -0.2) is 30.5 Å². The van der Waals surface area contributed by atoms with Gasteiger partial charge in [-0.1, -0.05) is 6.92 Å². The number of rotatable bonds is 3. The summed E-state index contributed by atoms with van der Waals surface area (Å²) in [5.41, 5.74) is -0.785. The molecule has 2 heterocycles. The second-order valence-corrected chi connectivity index (χ2v) is 4.04. The molecule has 1 N–H and O–H groups in total. The van der Waals surface area contributed by atoms with Gasteiger partial charge in [-0.15, -0.1) is 0 Å². The first-order valence-corrected chi connectivity index (χ1v) is 5.41. The van der Waals surface area contributed by atoms with Crippen molar-refractivity contribution in [2.45, 2.75) is 31.8 Å². The van der Waals surface area contributed by atoms with Gasteiger partial charge in [0.1, 0.15) is 11.4 Å². The zero-order valence-electron chi connectivity index (χ0n) is 8.66. The minimum absolute atomic E-state index is 0.205. The van der Waals surface area contributed by atoms with Gasteiger partial charge in [-0.3, -0.25) is 0 Å². The van der Waals surface area contributed by atoms with Crippen molar-refractivity contribution in [1.82, 2.24) is 0 Å². The van der Waals surface area contributed by atoms with Crippen molar-refractivity contribution in [3.05, 3.63) is 11.8 Å². The van der Waals surface area contributed by atoms with Crippen molar-refractivity contribution < 1.29 is 14.6 Å². The summed E-state index contributed by atoms with van der Waals surface area (Å²) in [6.45, 7) is 4.14. The number of aliphatic hydroxyl groups is 1. The highest BCUT2D eigenvalue weighted by atomic mass is 16.5. The molecule has 1 fully saturated rings. The fourth-order valence-corrected chi connectivity index (χ4v) is 2.29. The average Bonchev–Trinajstić information content (AvgIpc) is 2.88. The molecule has 3 heteroatoms. The molecule has 0 spiro atoms. The Kier molecular flexibility index (Phi) is 2.79. The zero-order chi connectivity index (χ0) is 10.0. The van der Waals surface area contributed by atoms with Crippen molar-refractivity contribution in [2.24, 2.45) is 5.92 Å². The minimum Gasteiger partial charge on any atom is -0.495 e. The summed E-state index contributed by atoms with van der Waals surface area (Å²) in [6, 6.07) is 0. The summed E-state index contributed by atoms with van der Waals surface area (Å²) >= 11 is 0. The molecule has 0 saturated carbocycles. The lowest BCUT2D eigenvalue weighted by Gasteiger charge is -2.32. The monoisotopic (exact) mass is 198 g/mol. The largest absolute Gasteiger partial charge is 0.495 e. The van der Waals surface area contributed by atoms with E-state index in [0.29, 0.717) is 19.6 Å². The Hall–Kier alpha value is -0.540. The molecule has 2 rings (SSSR count). The molecule has 0 radical (unpaired) electrons. The van der Waals surface area contributed by atoms with E-state index in [1.165, 1.54) is 0 Å². The number of ether oxygens (including phenoxy) is 2. The third-order valence-electron chi connectivity index (χ3n) is 3.28. The van der Waals surface area contributed by atoms with Crippen molar-refractivity contribution >= 4 is 0 Å². The van der Waals surface area contributed by atoms with Crippen LogP contribution in [-0.2, 0) is 9.47 Å². The van der Waals surface area contributed by atoms with Crippen LogP contribution in [0.5, 0.6) is 0 Å². The molecule has 0 bridgehead atoms. The Morgan fingerprint density at radius 1 is 1.57 bits per heavy atom. The van der Waals surface area contributed by atoms with Crippen LogP contribution in [0.15, 0.2) is 11.8 Å². The first-order chi connectivity index (χ1) is 6.77. The van der Waals surface area contributed by atoms with E-state index in [2.05, 4.69) is 0 Å². The van der Waals surface area contributed by atoms with E-state index < -0.39 is 5.60 Å². The fraction of sp³-hybridized carbons (Fsp3) is 0.818. The van der Waals surface area contributed by atoms with E-state index in [-0.39, 0.29) is 5.92 Å². The maximum Gasteiger partial charge on any atom is 0.126 e. The molecule has 0 amide bonds. The van der Waals surface area contributed by atoms with E-state index in [4.69, 9.17) is 9.47 Å². The lowest BCUT2D eigenvalue weighted by molar-refractivity contribution is -0.0343. The molecule has 2 aliphatic heterocycles. The molecule has 2 aliphatic rings. The van der Waals surface area contributed by atoms with Crippen LogP contribution in [0, 0.1) is 5.92 Å². The lowest BCUT2D eigenvalue weighted by atomic mass is 9.82. The van der Waals surface area contributed by atoms with Gasteiger partial charge >= 0.3 is 0 Å². The van der Waals surface area contributed by atoms with Crippen LogP contribution in [0.1, 0.15) is 26.2 Å². The third kappa shape index (κ3) is 1.55. The van der Waals surface area contributed by atoms with Crippen LogP contribution < -0.4 is 0 Å². The molecule has 0 aromatic heterocycles. The molecule has 80 valence electrons. The highest BCUT2D eigenvalue weighted by molar-refractivity contribution is 5.15. The van der Waals surface area contributed by atoms with Gasteiger partial charge in [0.15, 0.2) is 0 Å². The van der Waals surface area contributed by atoms with Crippen LogP contribution in [0.3, 0.4) is 0 Å². The molecule has 0 aromatic rings. The fourth-order valence-electron chi connectivity index (χ4n) is 2.29. The molecule has 3 nitrogen and oxygen atoms in total. The maximum absolute atomic E-state index is 10.5. The summed E-state index contributed by atoms with van der Waals surface area (Å²) in [4.78, 5) is 0. The first kappa shape index (κ1) is 9.99. The van der Waals surface area contributed by atoms with E-state index in [1.54, 1.807) is 0 Å². The third-order valence-corrected chi connectivity index (χ3v) is 3.28. The van der Waals surface area contributed by atoms with Gasteiger partial charge in [-0.05, 0) is 18.9 Å². The Labute approximate surface area is 84.7 Å². The van der Waals surface area contributed by atoms with Crippen molar-refractivity contribution in [1.29, 1.82) is 0 Å². The van der Waals surface area contributed by atoms with Gasteiger partial charge in [-0.2, -0.15) is 0 Å². The predicted octanol–water partition coefficient (Wildman–Crippen LogP) is 1.47. The first-order valence-electron chi connectivity index (χ1n) is 5.41. The molecule has 0 aliphatic carbocycles. The Morgan fingerprint density at radius 3 is 2.93 bits per heavy atom. The van der Waals surface area contributed by atoms with Gasteiger partial charge in [0.25, 0.3) is 0 Å². The molecular weight excluding hydrogens is 180 g/mol. The average molecular weight is 198 g/mol. The maximum atomic E-state index is 10.5. The normalized spacial score (nSPS) is 31.0. The van der Waals surface area contributed by atoms with Gasteiger partial charge in [0, 0.05) is 18.9 Å². The highest BCUT2D eigenvalue weighted by Gasteiger charge is 2.42. The predicted molar refractivity (Wildman–Crippen MR) is 52.8 cm³/mol. The summed E-state index contributed by atoms with van der Waals surface area (Å²) in [5.74, 6) is 0.979. The molecule has 0 aromatic carbocycles. The topological polar surface area (TPSA) is 38.7 Å². The highest BCUT2D eigenvalue weighted by Crippen LogP contribution is 2.37. The summed E-state index contributed by atoms with van der Waals surface area (Å²) < 4.78 is 10.8. The summed E-state index contributed by atoms with van der Waals surface area (Å²) in [7, 11) is 0. The van der Waals surface area contributed by atoms with Crippen LogP contribution >= 0.6 is 0 Å². The van der Waals surface area contributed by atoms with E-state index in [0.717, 1.165) is 25.2 Å². The van der Waals surface area contributed by atoms with Crippen LogP contribution in [0.25, 0.3) is 0 Å². The van der Waals surface area contributed by atoms with Crippen molar-refractivity contribution in [3.8, 4) is 0 Å². The SMILES string of the molecule is CCC(O)(C1=CCCO1)C1CCOC1. The van der Waals surface area contributed by atoms with Crippen LogP contribution in [0.4, 0.5) is 0 Å². The lowest BCUT2D eigenvalue weighted by Crippen LogP contribution is -2.40. The number of hydrogen-bond donors (Lipinski definition) is 1. The van der Waals surface area contributed by atoms with Gasteiger partial charge in [0.2, 0.25) is 0 Å². The van der Waals surface area contributed by atoms with Gasteiger partial charge < -0.3 is 14.6 Å². The van der Waals surface area contributed by atoms with Crippen molar-refractivity contribution in [2.75, 3.05) is 19.8 Å². The number of hydrogen-bond acceptors (Lipinski definition) is 3. The quantitative estimate of drug-likeness (QED) is 0.746. The van der Waals surface area contributed by atoms with E-state index in [9.17, 15) is 5.11 Å². The summed E-state index contributed by atoms with van der Waals surface area (Å²) in [6.07, 6.45) is 4.57. The second kappa shape index (κ2) is 3.91. The standard InChI is InChI=1S/C11H18O3/c1-2-11(12,9-5-7-13-8-9)10-4-3-6-14-10/h4,9,12H,2-3,5-8H2,1H3. The smallest absolute Gasteiger partial charge is 0.126 e. The second-order valence-electron chi connectivity index (χ2n) is 4.04. The van der Waals surface area contributed by atoms with E-state index in [1.807, 2.05) is 13.0 Å². The molecule has 14 heavy (non-hydrogen) atoms. The Balaban J connectivity index is 2.14. The Bertz CT molecular complexity index is 231. The Morgan fingerprint density at radius 2 is 2.43 bits per heavy atom. The van der Waals surface area contributed by atoms with Crippen LogP contribution in [0.2, 0.25) is 0 Å². The zero-order valence-corrected chi connectivity index (χ0v) is 8.66. The van der Waals surface area contributed by atoms with Gasteiger partial charge in [0.05, 0.1) is 13.2 Å². The minimum atomic E-state index is -0.785. The van der Waals surface area contributed by atoms with E-state index >= 15 is 0 Å².